The topological polar surface area (TPSA) is 79.7 Å². The maximum Gasteiger partial charge on any atom is 0.416 e. The lowest BCUT2D eigenvalue weighted by atomic mass is 9.95. The van der Waals surface area contributed by atoms with Gasteiger partial charge in [-0.1, -0.05) is 12.1 Å². The van der Waals surface area contributed by atoms with E-state index in [0.29, 0.717) is 15.8 Å². The minimum atomic E-state index is -4.56. The van der Waals surface area contributed by atoms with E-state index in [1.807, 2.05) is 0 Å². The first kappa shape index (κ1) is 24.5. The Morgan fingerprint density at radius 1 is 1.11 bits per heavy atom. The second-order valence-electron chi connectivity index (χ2n) is 7.76. The van der Waals surface area contributed by atoms with Crippen LogP contribution in [0, 0.1) is 0 Å². The predicted molar refractivity (Wildman–Crippen MR) is 124 cm³/mol. The van der Waals surface area contributed by atoms with Gasteiger partial charge in [0.25, 0.3) is 11.7 Å². The molecular weight excluding hydrogens is 529 g/mol. The van der Waals surface area contributed by atoms with Crippen LogP contribution in [0.2, 0.25) is 0 Å². The number of alkyl halides is 3. The molecule has 1 atom stereocenters. The average Bonchev–Trinajstić information content (AvgIpc) is 3.08. The van der Waals surface area contributed by atoms with Gasteiger partial charge in [0.05, 0.1) is 28.8 Å². The Hall–Kier alpha value is -3.66. The van der Waals surface area contributed by atoms with E-state index < -0.39 is 35.2 Å². The third-order valence-electron chi connectivity index (χ3n) is 5.59. The summed E-state index contributed by atoms with van der Waals surface area (Å²) in [5, 5.41) is 11.1. The normalized spacial score (nSPS) is 17.6. The third kappa shape index (κ3) is 4.79. The van der Waals surface area contributed by atoms with Crippen molar-refractivity contribution in [3.05, 3.63) is 99.3 Å². The molecule has 6 nitrogen and oxygen atoms in total. The number of likely N-dealkylation sites (tertiary alicyclic amines) is 1. The molecule has 3 aromatic rings. The molecule has 1 aliphatic heterocycles. The van der Waals surface area contributed by atoms with Crippen LogP contribution in [0.15, 0.2) is 77.0 Å². The molecule has 1 fully saturated rings. The zero-order chi connectivity index (χ0) is 25.3. The molecule has 180 valence electrons. The van der Waals surface area contributed by atoms with Crippen molar-refractivity contribution in [2.24, 2.45) is 0 Å². The third-order valence-corrected chi connectivity index (χ3v) is 6.21. The number of carbonyl (C=O) groups excluding carboxylic acids is 2. The van der Waals surface area contributed by atoms with Crippen LogP contribution < -0.4 is 4.74 Å². The van der Waals surface area contributed by atoms with E-state index >= 15 is 0 Å². The fourth-order valence-corrected chi connectivity index (χ4v) is 4.49. The van der Waals surface area contributed by atoms with Crippen molar-refractivity contribution in [2.45, 2.75) is 18.8 Å². The standard InChI is InChI=1S/C25H18BrF3N2O4/c1-35-19-6-5-16(12-18(19)26)22(32)20-21(15-7-9-30-10-8-15)31(24(34)23(20)33)13-14-3-2-4-17(11-14)25(27,28)29/h2-12,21,32H,13H2,1H3/b22-20+. The van der Waals surface area contributed by atoms with E-state index in [1.165, 1.54) is 43.8 Å². The Labute approximate surface area is 206 Å². The minimum Gasteiger partial charge on any atom is -0.507 e. The van der Waals surface area contributed by atoms with Gasteiger partial charge in [0.15, 0.2) is 0 Å². The number of ketones is 1. The van der Waals surface area contributed by atoms with Gasteiger partial charge in [-0.2, -0.15) is 13.2 Å². The smallest absolute Gasteiger partial charge is 0.416 e. The predicted octanol–water partition coefficient (Wildman–Crippen LogP) is 5.49. The van der Waals surface area contributed by atoms with Crippen LogP contribution in [0.5, 0.6) is 5.75 Å². The largest absolute Gasteiger partial charge is 0.507 e. The van der Waals surface area contributed by atoms with E-state index in [2.05, 4.69) is 20.9 Å². The number of halogens is 4. The van der Waals surface area contributed by atoms with Crippen LogP contribution in [0.25, 0.3) is 5.76 Å². The van der Waals surface area contributed by atoms with E-state index in [1.54, 1.807) is 18.2 Å². The summed E-state index contributed by atoms with van der Waals surface area (Å²) in [5.41, 5.74) is -0.123. The monoisotopic (exact) mass is 546 g/mol. The number of methoxy groups -OCH3 is 1. The molecule has 4 rings (SSSR count). The number of nitrogens with zero attached hydrogens (tertiary/aromatic N) is 2. The average molecular weight is 547 g/mol. The van der Waals surface area contributed by atoms with Gasteiger partial charge in [0.1, 0.15) is 11.5 Å². The summed E-state index contributed by atoms with van der Waals surface area (Å²) in [5.74, 6) is -1.79. The summed E-state index contributed by atoms with van der Waals surface area (Å²) in [6.07, 6.45) is -1.64. The number of rotatable bonds is 5. The highest BCUT2D eigenvalue weighted by Crippen LogP contribution is 2.41. The molecule has 1 unspecified atom stereocenters. The van der Waals surface area contributed by atoms with Crippen LogP contribution >= 0.6 is 15.9 Å². The summed E-state index contributed by atoms with van der Waals surface area (Å²) in [6, 6.07) is 11.3. The molecule has 1 N–H and O–H groups in total. The lowest BCUT2D eigenvalue weighted by Crippen LogP contribution is -2.29. The maximum atomic E-state index is 13.2. The molecule has 0 spiro atoms. The highest BCUT2D eigenvalue weighted by Gasteiger charge is 2.46. The Morgan fingerprint density at radius 2 is 1.83 bits per heavy atom. The van der Waals surface area contributed by atoms with Crippen molar-refractivity contribution in [3.63, 3.8) is 0 Å². The van der Waals surface area contributed by atoms with Crippen molar-refractivity contribution >= 4 is 33.4 Å². The van der Waals surface area contributed by atoms with Crippen LogP contribution in [0.4, 0.5) is 13.2 Å². The van der Waals surface area contributed by atoms with Gasteiger partial charge < -0.3 is 14.7 Å². The van der Waals surface area contributed by atoms with Gasteiger partial charge >= 0.3 is 6.18 Å². The fraction of sp³-hybridized carbons (Fsp3) is 0.160. The number of carbonyl (C=O) groups is 2. The minimum absolute atomic E-state index is 0.176. The SMILES string of the molecule is COc1ccc(/C(O)=C2\C(=O)C(=O)N(Cc3cccc(C(F)(F)F)c3)C2c2ccncc2)cc1Br. The number of Topliss-reactive ketones (excluding diaryl/α,β-unsaturated/α-hetero) is 1. The Bertz CT molecular complexity index is 1330. The Balaban J connectivity index is 1.83. The maximum absolute atomic E-state index is 13.2. The molecule has 0 bridgehead atoms. The number of benzene rings is 2. The number of aliphatic hydroxyl groups excluding tert-OH is 1. The molecule has 35 heavy (non-hydrogen) atoms. The number of aromatic nitrogens is 1. The molecule has 1 aliphatic rings. The molecule has 2 aromatic carbocycles. The first-order valence-corrected chi connectivity index (χ1v) is 11.1. The summed E-state index contributed by atoms with van der Waals surface area (Å²) in [7, 11) is 1.47. The first-order chi connectivity index (χ1) is 16.6. The molecule has 0 radical (unpaired) electrons. The van der Waals surface area contributed by atoms with Crippen molar-refractivity contribution < 1.29 is 32.6 Å². The zero-order valence-electron chi connectivity index (χ0n) is 18.2. The summed E-state index contributed by atoms with van der Waals surface area (Å²) < 4.78 is 45.3. The van der Waals surface area contributed by atoms with Crippen LogP contribution in [-0.4, -0.2) is 33.8 Å². The van der Waals surface area contributed by atoms with Gasteiger partial charge in [0.2, 0.25) is 0 Å². The quantitative estimate of drug-likeness (QED) is 0.260. The van der Waals surface area contributed by atoms with Crippen molar-refractivity contribution in [1.82, 2.24) is 9.88 Å². The second-order valence-corrected chi connectivity index (χ2v) is 8.61. The molecule has 1 saturated heterocycles. The van der Waals surface area contributed by atoms with Crippen LogP contribution in [-0.2, 0) is 22.3 Å². The van der Waals surface area contributed by atoms with Gasteiger partial charge in [-0.25, -0.2) is 0 Å². The molecule has 2 heterocycles. The Morgan fingerprint density at radius 3 is 2.46 bits per heavy atom. The van der Waals surface area contributed by atoms with E-state index in [9.17, 15) is 27.9 Å². The highest BCUT2D eigenvalue weighted by molar-refractivity contribution is 9.10. The van der Waals surface area contributed by atoms with Crippen molar-refractivity contribution in [2.75, 3.05) is 7.11 Å². The lowest BCUT2D eigenvalue weighted by molar-refractivity contribution is -0.140. The van der Waals surface area contributed by atoms with Gasteiger partial charge in [0, 0.05) is 24.5 Å². The fourth-order valence-electron chi connectivity index (χ4n) is 3.95. The molecule has 1 amide bonds. The first-order valence-electron chi connectivity index (χ1n) is 10.3. The Kier molecular flexibility index (Phi) is 6.66. The molecular formula is C25H18BrF3N2O4. The van der Waals surface area contributed by atoms with Gasteiger partial charge in [-0.3, -0.25) is 14.6 Å². The molecule has 10 heteroatoms. The molecule has 0 saturated carbocycles. The van der Waals surface area contributed by atoms with Gasteiger partial charge in [-0.05, 0) is 69.5 Å². The van der Waals surface area contributed by atoms with Crippen LogP contribution in [0.1, 0.15) is 28.3 Å². The van der Waals surface area contributed by atoms with E-state index in [4.69, 9.17) is 4.74 Å². The molecule has 0 aliphatic carbocycles. The number of pyridine rings is 1. The van der Waals surface area contributed by atoms with Crippen LogP contribution in [0.3, 0.4) is 0 Å². The zero-order valence-corrected chi connectivity index (χ0v) is 19.8. The van der Waals surface area contributed by atoms with E-state index in [0.717, 1.165) is 17.0 Å². The number of hydrogen-bond donors (Lipinski definition) is 1. The molecule has 1 aromatic heterocycles. The lowest BCUT2D eigenvalue weighted by Gasteiger charge is -2.25. The number of hydrogen-bond acceptors (Lipinski definition) is 5. The summed E-state index contributed by atoms with van der Waals surface area (Å²) in [4.78, 5) is 31.2. The van der Waals surface area contributed by atoms with Crippen molar-refractivity contribution in [3.8, 4) is 5.75 Å². The summed E-state index contributed by atoms with van der Waals surface area (Å²) in [6.45, 7) is -0.273. The number of amides is 1. The van der Waals surface area contributed by atoms with Crippen molar-refractivity contribution in [1.29, 1.82) is 0 Å². The van der Waals surface area contributed by atoms with Gasteiger partial charge in [-0.15, -0.1) is 0 Å². The highest BCUT2D eigenvalue weighted by atomic mass is 79.9. The number of aliphatic hydroxyl groups is 1. The van der Waals surface area contributed by atoms with E-state index in [-0.39, 0.29) is 23.2 Å². The summed E-state index contributed by atoms with van der Waals surface area (Å²) >= 11 is 3.33. The number of ether oxygens (including phenoxy) is 1. The second kappa shape index (κ2) is 9.53.